The molecule has 6 nitrogen and oxygen atoms in total. The number of carbonyl (C=O) groups is 1. The first kappa shape index (κ1) is 23.1. The fraction of sp³-hybridized carbons (Fsp3) is 0.136. The molecule has 4 aromatic rings. The van der Waals surface area contributed by atoms with Crippen molar-refractivity contribution in [2.75, 3.05) is 6.54 Å². The van der Waals surface area contributed by atoms with Crippen molar-refractivity contribution >= 4 is 5.91 Å². The SMILES string of the molecule is O=C(NCC(F)(F)F)c1ccc(-n2cnc(-c3c(-c4ccccc4)noc3C(F)(F)F)c2)cc1. The van der Waals surface area contributed by atoms with Gasteiger partial charge in [0, 0.05) is 23.0 Å². The van der Waals surface area contributed by atoms with E-state index >= 15 is 0 Å². The number of carbonyl (C=O) groups excluding carboxylic acids is 1. The first-order valence-electron chi connectivity index (χ1n) is 9.65. The highest BCUT2D eigenvalue weighted by Crippen LogP contribution is 2.42. The molecule has 0 fully saturated rings. The van der Waals surface area contributed by atoms with Gasteiger partial charge in [-0.1, -0.05) is 35.5 Å². The Bertz CT molecular complexity index is 1290. The molecule has 0 atom stereocenters. The van der Waals surface area contributed by atoms with Crippen molar-refractivity contribution in [3.05, 3.63) is 78.4 Å². The quantitative estimate of drug-likeness (QED) is 0.383. The summed E-state index contributed by atoms with van der Waals surface area (Å²) in [6, 6.07) is 13.6. The van der Waals surface area contributed by atoms with Gasteiger partial charge in [-0.05, 0) is 24.3 Å². The van der Waals surface area contributed by atoms with Crippen molar-refractivity contribution < 1.29 is 35.7 Å². The van der Waals surface area contributed by atoms with E-state index in [0.29, 0.717) is 11.3 Å². The lowest BCUT2D eigenvalue weighted by molar-refractivity contribution is -0.155. The Morgan fingerprint density at radius 3 is 2.26 bits per heavy atom. The number of hydrogen-bond donors (Lipinski definition) is 1. The highest BCUT2D eigenvalue weighted by molar-refractivity contribution is 5.94. The lowest BCUT2D eigenvalue weighted by Crippen LogP contribution is -2.33. The van der Waals surface area contributed by atoms with E-state index in [-0.39, 0.29) is 22.5 Å². The van der Waals surface area contributed by atoms with Crippen LogP contribution in [0.5, 0.6) is 0 Å². The molecular weight excluding hydrogens is 466 g/mol. The molecule has 0 saturated heterocycles. The number of nitrogens with zero attached hydrogens (tertiary/aromatic N) is 3. The average Bonchev–Trinajstić information content (AvgIpc) is 3.45. The molecule has 0 aliphatic heterocycles. The van der Waals surface area contributed by atoms with Gasteiger partial charge in [-0.2, -0.15) is 26.3 Å². The number of halogens is 6. The Labute approximate surface area is 187 Å². The predicted molar refractivity (Wildman–Crippen MR) is 108 cm³/mol. The molecule has 2 aromatic carbocycles. The van der Waals surface area contributed by atoms with Gasteiger partial charge < -0.3 is 14.4 Å². The van der Waals surface area contributed by atoms with Crippen molar-refractivity contribution in [2.24, 2.45) is 0 Å². The van der Waals surface area contributed by atoms with Gasteiger partial charge in [0.1, 0.15) is 12.2 Å². The zero-order valence-corrected chi connectivity index (χ0v) is 17.0. The van der Waals surface area contributed by atoms with Crippen LogP contribution < -0.4 is 5.32 Å². The predicted octanol–water partition coefficient (Wildman–Crippen LogP) is 5.51. The summed E-state index contributed by atoms with van der Waals surface area (Å²) in [5.41, 5.74) is 0.380. The Morgan fingerprint density at radius 2 is 1.65 bits per heavy atom. The molecule has 176 valence electrons. The van der Waals surface area contributed by atoms with Crippen LogP contribution >= 0.6 is 0 Å². The summed E-state index contributed by atoms with van der Waals surface area (Å²) in [6.45, 7) is -1.47. The van der Waals surface area contributed by atoms with Gasteiger partial charge >= 0.3 is 12.4 Å². The second-order valence-corrected chi connectivity index (χ2v) is 7.11. The summed E-state index contributed by atoms with van der Waals surface area (Å²) in [4.78, 5) is 15.9. The minimum atomic E-state index is -4.81. The van der Waals surface area contributed by atoms with E-state index < -0.39 is 30.6 Å². The summed E-state index contributed by atoms with van der Waals surface area (Å²) < 4.78 is 83.5. The number of imidazole rings is 1. The standard InChI is InChI=1S/C22H14F6N4O2/c23-21(24,25)11-29-20(33)14-6-8-15(9-7-14)32-10-16(30-12-32)17-18(13-4-2-1-3-5-13)31-34-19(17)22(26,27)28/h1-10,12H,11H2,(H,29,33). The molecule has 0 unspecified atom stereocenters. The largest absolute Gasteiger partial charge is 0.453 e. The molecule has 0 aliphatic rings. The van der Waals surface area contributed by atoms with Crippen LogP contribution in [0.2, 0.25) is 0 Å². The Kier molecular flexibility index (Phi) is 5.90. The average molecular weight is 480 g/mol. The van der Waals surface area contributed by atoms with Crippen molar-refractivity contribution in [3.8, 4) is 28.2 Å². The molecule has 4 rings (SSSR count). The first-order valence-corrected chi connectivity index (χ1v) is 9.65. The first-order chi connectivity index (χ1) is 16.0. The normalized spacial score (nSPS) is 12.1. The van der Waals surface area contributed by atoms with Gasteiger partial charge in [0.05, 0.1) is 17.6 Å². The van der Waals surface area contributed by atoms with Gasteiger partial charge in [-0.3, -0.25) is 4.79 Å². The third kappa shape index (κ3) is 4.95. The molecule has 0 saturated carbocycles. The second-order valence-electron chi connectivity index (χ2n) is 7.11. The molecule has 0 aliphatic carbocycles. The van der Waals surface area contributed by atoms with Crippen LogP contribution in [0, 0.1) is 0 Å². The molecule has 1 amide bonds. The molecule has 0 bridgehead atoms. The number of alkyl halides is 6. The Morgan fingerprint density at radius 1 is 0.971 bits per heavy atom. The maximum atomic E-state index is 13.6. The summed E-state index contributed by atoms with van der Waals surface area (Å²) in [5, 5.41) is 5.36. The summed E-state index contributed by atoms with van der Waals surface area (Å²) in [6.07, 6.45) is -6.77. The molecule has 0 radical (unpaired) electrons. The van der Waals surface area contributed by atoms with Crippen LogP contribution in [0.1, 0.15) is 16.1 Å². The van der Waals surface area contributed by atoms with E-state index in [1.807, 2.05) is 0 Å². The van der Waals surface area contributed by atoms with E-state index in [1.54, 1.807) is 35.6 Å². The van der Waals surface area contributed by atoms with Crippen LogP contribution in [0.15, 0.2) is 71.6 Å². The van der Waals surface area contributed by atoms with E-state index in [2.05, 4.69) is 14.7 Å². The Balaban J connectivity index is 1.64. The van der Waals surface area contributed by atoms with Crippen molar-refractivity contribution in [1.29, 1.82) is 0 Å². The summed E-state index contributed by atoms with van der Waals surface area (Å²) in [5.74, 6) is -2.21. The van der Waals surface area contributed by atoms with Crippen LogP contribution in [0.25, 0.3) is 28.2 Å². The summed E-state index contributed by atoms with van der Waals surface area (Å²) in [7, 11) is 0. The van der Waals surface area contributed by atoms with E-state index in [0.717, 1.165) is 0 Å². The molecule has 2 heterocycles. The second kappa shape index (κ2) is 8.69. The maximum Gasteiger partial charge on any atom is 0.453 e. The van der Waals surface area contributed by atoms with E-state index in [1.165, 1.54) is 41.4 Å². The number of hydrogen-bond acceptors (Lipinski definition) is 4. The van der Waals surface area contributed by atoms with Crippen LogP contribution in [0.4, 0.5) is 26.3 Å². The number of rotatable bonds is 5. The van der Waals surface area contributed by atoms with Crippen LogP contribution in [-0.2, 0) is 6.18 Å². The lowest BCUT2D eigenvalue weighted by atomic mass is 10.0. The topological polar surface area (TPSA) is 73.0 Å². The molecule has 1 N–H and O–H groups in total. The van der Waals surface area contributed by atoms with Crippen LogP contribution in [-0.4, -0.2) is 33.3 Å². The van der Waals surface area contributed by atoms with E-state index in [4.69, 9.17) is 0 Å². The monoisotopic (exact) mass is 480 g/mol. The molecule has 2 aromatic heterocycles. The number of benzene rings is 2. The van der Waals surface area contributed by atoms with Gasteiger partial charge in [-0.25, -0.2) is 4.98 Å². The van der Waals surface area contributed by atoms with Gasteiger partial charge in [0.15, 0.2) is 0 Å². The molecule has 34 heavy (non-hydrogen) atoms. The molecule has 12 heteroatoms. The van der Waals surface area contributed by atoms with E-state index in [9.17, 15) is 31.1 Å². The third-order valence-corrected chi connectivity index (χ3v) is 4.71. The highest BCUT2D eigenvalue weighted by Gasteiger charge is 2.41. The minimum absolute atomic E-state index is 0.0157. The molecular formula is C22H14F6N4O2. The third-order valence-electron chi connectivity index (χ3n) is 4.71. The van der Waals surface area contributed by atoms with Crippen molar-refractivity contribution in [2.45, 2.75) is 12.4 Å². The Hall–Kier alpha value is -4.09. The smallest absolute Gasteiger partial charge is 0.350 e. The highest BCUT2D eigenvalue weighted by atomic mass is 19.4. The zero-order valence-electron chi connectivity index (χ0n) is 17.0. The van der Waals surface area contributed by atoms with Crippen LogP contribution in [0.3, 0.4) is 0 Å². The lowest BCUT2D eigenvalue weighted by Gasteiger charge is -2.09. The van der Waals surface area contributed by atoms with Gasteiger partial charge in [-0.15, -0.1) is 0 Å². The van der Waals surface area contributed by atoms with Gasteiger partial charge in [0.2, 0.25) is 5.76 Å². The number of nitrogens with one attached hydrogen (secondary N) is 1. The molecule has 0 spiro atoms. The van der Waals surface area contributed by atoms with Crippen molar-refractivity contribution in [1.82, 2.24) is 20.0 Å². The summed E-state index contributed by atoms with van der Waals surface area (Å²) >= 11 is 0. The fourth-order valence-electron chi connectivity index (χ4n) is 3.17. The van der Waals surface area contributed by atoms with Crippen molar-refractivity contribution in [3.63, 3.8) is 0 Å². The zero-order chi connectivity index (χ0) is 24.5. The fourth-order valence-corrected chi connectivity index (χ4v) is 3.17. The maximum absolute atomic E-state index is 13.6. The van der Waals surface area contributed by atoms with Gasteiger partial charge in [0.25, 0.3) is 5.91 Å². The number of amides is 1. The minimum Gasteiger partial charge on any atom is -0.350 e. The number of aromatic nitrogens is 3.